The summed E-state index contributed by atoms with van der Waals surface area (Å²) in [4.78, 5) is 2.29. The summed E-state index contributed by atoms with van der Waals surface area (Å²) in [5.74, 6) is 0. The average Bonchev–Trinajstić information content (AvgIpc) is 2.47. The summed E-state index contributed by atoms with van der Waals surface area (Å²) in [6, 6.07) is 0.127. The van der Waals surface area contributed by atoms with Crippen molar-refractivity contribution < 1.29 is 8.42 Å². The zero-order valence-electron chi connectivity index (χ0n) is 13.6. The van der Waals surface area contributed by atoms with Crippen LogP contribution in [0.4, 0.5) is 0 Å². The second-order valence-electron chi connectivity index (χ2n) is 6.87. The van der Waals surface area contributed by atoms with E-state index in [4.69, 9.17) is 5.73 Å². The first-order valence-corrected chi connectivity index (χ1v) is 9.41. The summed E-state index contributed by atoms with van der Waals surface area (Å²) in [5.41, 5.74) is 5.75. The van der Waals surface area contributed by atoms with Gasteiger partial charge in [-0.2, -0.15) is 17.0 Å². The topological polar surface area (TPSA) is 69.9 Å². The summed E-state index contributed by atoms with van der Waals surface area (Å²) < 4.78 is 28.9. The van der Waals surface area contributed by atoms with Crippen molar-refractivity contribution in [3.8, 4) is 0 Å². The smallest absolute Gasteiger partial charge is 0.282 e. The van der Waals surface area contributed by atoms with E-state index in [2.05, 4.69) is 18.7 Å². The van der Waals surface area contributed by atoms with E-state index in [9.17, 15) is 8.42 Å². The van der Waals surface area contributed by atoms with Crippen LogP contribution in [0.5, 0.6) is 0 Å². The normalized spacial score (nSPS) is 27.9. The fourth-order valence-corrected chi connectivity index (χ4v) is 5.06. The molecule has 0 radical (unpaired) electrons. The highest BCUT2D eigenvalue weighted by Gasteiger charge is 2.38. The molecule has 0 aromatic carbocycles. The van der Waals surface area contributed by atoms with Gasteiger partial charge in [0.05, 0.1) is 0 Å². The van der Waals surface area contributed by atoms with E-state index in [0.717, 1.165) is 32.4 Å². The van der Waals surface area contributed by atoms with E-state index in [1.165, 1.54) is 0 Å². The zero-order valence-corrected chi connectivity index (χ0v) is 14.4. The van der Waals surface area contributed by atoms with E-state index < -0.39 is 10.2 Å². The van der Waals surface area contributed by atoms with Crippen molar-refractivity contribution in [1.29, 1.82) is 0 Å². The summed E-state index contributed by atoms with van der Waals surface area (Å²) in [5, 5.41) is 0. The lowest BCUT2D eigenvalue weighted by Gasteiger charge is -2.44. The van der Waals surface area contributed by atoms with Crippen LogP contribution in [0.25, 0.3) is 0 Å². The highest BCUT2D eigenvalue weighted by Crippen LogP contribution is 2.24. The minimum Gasteiger partial charge on any atom is -0.329 e. The van der Waals surface area contributed by atoms with Crippen LogP contribution in [-0.4, -0.2) is 72.8 Å². The Morgan fingerprint density at radius 1 is 1.10 bits per heavy atom. The summed E-state index contributed by atoms with van der Waals surface area (Å²) >= 11 is 0. The lowest BCUT2D eigenvalue weighted by Crippen LogP contribution is -2.60. The molecule has 0 aromatic rings. The molecule has 2 heterocycles. The molecular formula is C14H30N4O2S. The molecule has 0 amide bonds. The van der Waals surface area contributed by atoms with Crippen LogP contribution in [0.3, 0.4) is 0 Å². The van der Waals surface area contributed by atoms with Gasteiger partial charge < -0.3 is 5.73 Å². The quantitative estimate of drug-likeness (QED) is 0.817. The molecule has 0 aliphatic carbocycles. The molecule has 6 nitrogen and oxygen atoms in total. The Hall–Kier alpha value is -0.210. The molecule has 0 spiro atoms. The second-order valence-corrected chi connectivity index (χ2v) is 8.75. The minimum atomic E-state index is -3.30. The van der Waals surface area contributed by atoms with Gasteiger partial charge in [-0.25, -0.2) is 0 Å². The van der Waals surface area contributed by atoms with Crippen LogP contribution in [-0.2, 0) is 10.2 Å². The van der Waals surface area contributed by atoms with E-state index in [1.807, 2.05) is 6.92 Å². The Balaban J connectivity index is 2.01. The molecule has 2 aliphatic heterocycles. The number of piperazine rings is 1. The average molecular weight is 318 g/mol. The minimum absolute atomic E-state index is 0.0612. The number of hydrogen-bond donors (Lipinski definition) is 1. The predicted octanol–water partition coefficient (Wildman–Crippen LogP) is 0.461. The van der Waals surface area contributed by atoms with Crippen molar-refractivity contribution in [2.75, 3.05) is 39.3 Å². The van der Waals surface area contributed by atoms with Crippen molar-refractivity contribution in [2.24, 2.45) is 5.73 Å². The van der Waals surface area contributed by atoms with Crippen molar-refractivity contribution in [3.05, 3.63) is 0 Å². The number of nitrogens with zero attached hydrogens (tertiary/aromatic N) is 3. The van der Waals surface area contributed by atoms with Crippen molar-refractivity contribution >= 4 is 10.2 Å². The van der Waals surface area contributed by atoms with Gasteiger partial charge in [0.1, 0.15) is 0 Å². The third-order valence-corrected chi connectivity index (χ3v) is 7.11. The van der Waals surface area contributed by atoms with Crippen LogP contribution in [0.15, 0.2) is 0 Å². The first-order valence-electron chi connectivity index (χ1n) is 8.01. The number of piperidine rings is 1. The first kappa shape index (κ1) is 17.1. The van der Waals surface area contributed by atoms with Crippen LogP contribution in [0, 0.1) is 0 Å². The molecule has 0 bridgehead atoms. The van der Waals surface area contributed by atoms with Crippen LogP contribution >= 0.6 is 0 Å². The van der Waals surface area contributed by atoms with Gasteiger partial charge in [0.2, 0.25) is 0 Å². The molecule has 7 heteroatoms. The van der Waals surface area contributed by atoms with Crippen LogP contribution in [0.1, 0.15) is 40.0 Å². The van der Waals surface area contributed by atoms with Gasteiger partial charge in [0.15, 0.2) is 0 Å². The van der Waals surface area contributed by atoms with Crippen molar-refractivity contribution in [3.63, 3.8) is 0 Å². The van der Waals surface area contributed by atoms with Gasteiger partial charge in [0, 0.05) is 50.8 Å². The highest BCUT2D eigenvalue weighted by atomic mass is 32.2. The molecule has 21 heavy (non-hydrogen) atoms. The van der Waals surface area contributed by atoms with E-state index in [0.29, 0.717) is 26.2 Å². The molecular weight excluding hydrogens is 288 g/mol. The number of rotatable bonds is 4. The molecule has 2 saturated heterocycles. The Morgan fingerprint density at radius 3 is 2.24 bits per heavy atom. The van der Waals surface area contributed by atoms with Gasteiger partial charge in [-0.05, 0) is 33.6 Å². The SMILES string of the molecule is CC1CCCCN1S(=O)(=O)N1CCN(C(C)(C)CN)CC1. The van der Waals surface area contributed by atoms with Crippen LogP contribution in [0.2, 0.25) is 0 Å². The molecule has 1 atom stereocenters. The van der Waals surface area contributed by atoms with E-state index >= 15 is 0 Å². The van der Waals surface area contributed by atoms with Crippen molar-refractivity contribution in [1.82, 2.24) is 13.5 Å². The standard InChI is InChI=1S/C14H30N4O2S/c1-13-6-4-5-7-18(13)21(19,20)17-10-8-16(9-11-17)14(2,3)12-15/h13H,4-12,15H2,1-3H3. The van der Waals surface area contributed by atoms with Crippen molar-refractivity contribution in [2.45, 2.75) is 51.6 Å². The molecule has 124 valence electrons. The molecule has 2 N–H and O–H groups in total. The summed E-state index contributed by atoms with van der Waals surface area (Å²) in [7, 11) is -3.30. The van der Waals surface area contributed by atoms with Gasteiger partial charge in [-0.1, -0.05) is 6.42 Å². The predicted molar refractivity (Wildman–Crippen MR) is 85.2 cm³/mol. The Kier molecular flexibility index (Phi) is 5.31. The first-order chi connectivity index (χ1) is 9.79. The maximum atomic E-state index is 12.8. The molecule has 0 aromatic heterocycles. The lowest BCUT2D eigenvalue weighted by molar-refractivity contribution is 0.0813. The van der Waals surface area contributed by atoms with E-state index in [1.54, 1.807) is 8.61 Å². The third-order valence-electron chi connectivity index (χ3n) is 4.96. The maximum Gasteiger partial charge on any atom is 0.282 e. The second kappa shape index (κ2) is 6.50. The molecule has 2 rings (SSSR count). The Morgan fingerprint density at radius 2 is 1.71 bits per heavy atom. The van der Waals surface area contributed by atoms with Gasteiger partial charge in [-0.15, -0.1) is 0 Å². The fraction of sp³-hybridized carbons (Fsp3) is 1.00. The molecule has 0 saturated carbocycles. The van der Waals surface area contributed by atoms with Gasteiger partial charge >= 0.3 is 0 Å². The molecule has 2 fully saturated rings. The largest absolute Gasteiger partial charge is 0.329 e. The molecule has 2 aliphatic rings. The lowest BCUT2D eigenvalue weighted by atomic mass is 10.0. The third kappa shape index (κ3) is 3.59. The summed E-state index contributed by atoms with van der Waals surface area (Å²) in [6.45, 7) is 10.1. The van der Waals surface area contributed by atoms with E-state index in [-0.39, 0.29) is 11.6 Å². The zero-order chi connectivity index (χ0) is 15.7. The molecule has 1 unspecified atom stereocenters. The summed E-state index contributed by atoms with van der Waals surface area (Å²) in [6.07, 6.45) is 3.08. The van der Waals surface area contributed by atoms with Crippen LogP contribution < -0.4 is 5.73 Å². The monoisotopic (exact) mass is 318 g/mol. The Labute approximate surface area is 129 Å². The highest BCUT2D eigenvalue weighted by molar-refractivity contribution is 7.86. The number of nitrogens with two attached hydrogens (primary N) is 1. The van der Waals surface area contributed by atoms with Gasteiger partial charge in [-0.3, -0.25) is 4.90 Å². The van der Waals surface area contributed by atoms with Gasteiger partial charge in [0.25, 0.3) is 10.2 Å². The maximum absolute atomic E-state index is 12.8. The fourth-order valence-electron chi connectivity index (χ4n) is 3.22. The Bertz CT molecular complexity index is 444. The number of hydrogen-bond acceptors (Lipinski definition) is 4.